The number of hydrogen-bond donors (Lipinski definition) is 0. The van der Waals surface area contributed by atoms with Gasteiger partial charge in [-0.05, 0) is 39.3 Å². The fourth-order valence-corrected chi connectivity index (χ4v) is 2.22. The molecule has 0 spiro atoms. The van der Waals surface area contributed by atoms with Crippen LogP contribution in [0.25, 0.3) is 0 Å². The molecule has 0 aliphatic rings. The standard InChI is InChI=1S/C15H17ClN2O/c1-9-5-6-10(2)13(7-9)14(19)8-18-12(4)15(16)11(3)17-18/h5-7H,8H2,1-4H3. The number of carbonyl (C=O) groups excluding carboxylic acids is 1. The molecule has 0 radical (unpaired) electrons. The molecule has 0 saturated heterocycles. The number of halogens is 1. The van der Waals surface area contributed by atoms with Gasteiger partial charge in [0.2, 0.25) is 0 Å². The fourth-order valence-electron chi connectivity index (χ4n) is 2.09. The van der Waals surface area contributed by atoms with Crippen LogP contribution in [0.15, 0.2) is 18.2 Å². The van der Waals surface area contributed by atoms with E-state index < -0.39 is 0 Å². The molecule has 0 aliphatic heterocycles. The van der Waals surface area contributed by atoms with Gasteiger partial charge in [0.25, 0.3) is 0 Å². The minimum atomic E-state index is 0.0588. The second-order valence-electron chi connectivity index (χ2n) is 4.88. The molecule has 100 valence electrons. The lowest BCUT2D eigenvalue weighted by molar-refractivity contribution is 0.0966. The third-order valence-corrected chi connectivity index (χ3v) is 3.83. The molecule has 2 aromatic rings. The van der Waals surface area contributed by atoms with E-state index in [1.165, 1.54) is 0 Å². The van der Waals surface area contributed by atoms with Crippen molar-refractivity contribution in [2.75, 3.05) is 0 Å². The molecular formula is C15H17ClN2O. The van der Waals surface area contributed by atoms with Gasteiger partial charge in [-0.1, -0.05) is 29.3 Å². The van der Waals surface area contributed by atoms with Crippen LogP contribution in [0, 0.1) is 27.7 Å². The maximum atomic E-state index is 12.4. The Hall–Kier alpha value is -1.61. The minimum absolute atomic E-state index is 0.0588. The Morgan fingerprint density at radius 3 is 2.53 bits per heavy atom. The van der Waals surface area contributed by atoms with Gasteiger partial charge < -0.3 is 0 Å². The molecule has 0 unspecified atom stereocenters. The summed E-state index contributed by atoms with van der Waals surface area (Å²) in [5.74, 6) is 0.0588. The van der Waals surface area contributed by atoms with E-state index in [1.54, 1.807) is 4.68 Å². The van der Waals surface area contributed by atoms with Gasteiger partial charge in [0.1, 0.15) is 6.54 Å². The van der Waals surface area contributed by atoms with Gasteiger partial charge in [0, 0.05) is 5.56 Å². The van der Waals surface area contributed by atoms with E-state index in [4.69, 9.17) is 11.6 Å². The fraction of sp³-hybridized carbons (Fsp3) is 0.333. The number of rotatable bonds is 3. The van der Waals surface area contributed by atoms with Crippen LogP contribution >= 0.6 is 11.6 Å². The Labute approximate surface area is 118 Å². The molecule has 2 rings (SSSR count). The number of carbonyl (C=O) groups is 1. The summed E-state index contributed by atoms with van der Waals surface area (Å²) in [6.07, 6.45) is 0. The Bertz CT molecular complexity index is 644. The first kappa shape index (κ1) is 13.8. The normalized spacial score (nSPS) is 10.8. The molecular weight excluding hydrogens is 260 g/mol. The largest absolute Gasteiger partial charge is 0.292 e. The molecule has 1 aromatic carbocycles. The molecule has 1 aromatic heterocycles. The van der Waals surface area contributed by atoms with Crippen molar-refractivity contribution in [1.82, 2.24) is 9.78 Å². The van der Waals surface area contributed by atoms with Crippen LogP contribution in [0.3, 0.4) is 0 Å². The summed E-state index contributed by atoms with van der Waals surface area (Å²) in [7, 11) is 0. The minimum Gasteiger partial charge on any atom is -0.292 e. The molecule has 4 heteroatoms. The van der Waals surface area contributed by atoms with Crippen LogP contribution in [0.1, 0.15) is 32.9 Å². The van der Waals surface area contributed by atoms with Crippen LogP contribution in [0.2, 0.25) is 5.02 Å². The lowest BCUT2D eigenvalue weighted by atomic mass is 10.0. The number of benzene rings is 1. The molecule has 19 heavy (non-hydrogen) atoms. The average molecular weight is 277 g/mol. The van der Waals surface area contributed by atoms with Crippen molar-refractivity contribution in [3.63, 3.8) is 0 Å². The number of Topliss-reactive ketones (excluding diaryl/α,β-unsaturated/α-hetero) is 1. The summed E-state index contributed by atoms with van der Waals surface area (Å²) in [4.78, 5) is 12.4. The molecule has 0 aliphatic carbocycles. The monoisotopic (exact) mass is 276 g/mol. The van der Waals surface area contributed by atoms with Gasteiger partial charge in [0.15, 0.2) is 5.78 Å². The molecule has 0 fully saturated rings. The lowest BCUT2D eigenvalue weighted by Crippen LogP contribution is -2.14. The topological polar surface area (TPSA) is 34.9 Å². The summed E-state index contributed by atoms with van der Waals surface area (Å²) in [5, 5.41) is 4.92. The number of nitrogens with zero attached hydrogens (tertiary/aromatic N) is 2. The van der Waals surface area contributed by atoms with Crippen LogP contribution in [-0.4, -0.2) is 15.6 Å². The van der Waals surface area contributed by atoms with Crippen molar-refractivity contribution in [2.24, 2.45) is 0 Å². The second kappa shape index (κ2) is 5.17. The van der Waals surface area contributed by atoms with Crippen molar-refractivity contribution in [3.05, 3.63) is 51.3 Å². The smallest absolute Gasteiger partial charge is 0.184 e. The van der Waals surface area contributed by atoms with E-state index in [-0.39, 0.29) is 12.3 Å². The molecule has 0 atom stereocenters. The Morgan fingerprint density at radius 1 is 1.26 bits per heavy atom. The molecule has 3 nitrogen and oxygen atoms in total. The van der Waals surface area contributed by atoms with E-state index >= 15 is 0 Å². The van der Waals surface area contributed by atoms with Crippen molar-refractivity contribution in [3.8, 4) is 0 Å². The van der Waals surface area contributed by atoms with Gasteiger partial charge in [-0.15, -0.1) is 0 Å². The van der Waals surface area contributed by atoms with E-state index in [1.807, 2.05) is 45.9 Å². The first-order valence-electron chi connectivity index (χ1n) is 6.20. The van der Waals surface area contributed by atoms with Crippen molar-refractivity contribution >= 4 is 17.4 Å². The van der Waals surface area contributed by atoms with E-state index in [9.17, 15) is 4.79 Å². The van der Waals surface area contributed by atoms with Crippen LogP contribution in [0.4, 0.5) is 0 Å². The highest BCUT2D eigenvalue weighted by Gasteiger charge is 2.15. The first-order valence-corrected chi connectivity index (χ1v) is 6.58. The van der Waals surface area contributed by atoms with Gasteiger partial charge in [-0.2, -0.15) is 5.10 Å². The Morgan fingerprint density at radius 2 is 1.95 bits per heavy atom. The zero-order valence-electron chi connectivity index (χ0n) is 11.6. The second-order valence-corrected chi connectivity index (χ2v) is 5.26. The summed E-state index contributed by atoms with van der Waals surface area (Å²) >= 11 is 6.09. The first-order chi connectivity index (χ1) is 8.90. The van der Waals surface area contributed by atoms with Gasteiger partial charge in [-0.3, -0.25) is 9.48 Å². The summed E-state index contributed by atoms with van der Waals surface area (Å²) in [6, 6.07) is 5.90. The van der Waals surface area contributed by atoms with Gasteiger partial charge in [0.05, 0.1) is 16.4 Å². The quantitative estimate of drug-likeness (QED) is 0.802. The highest BCUT2D eigenvalue weighted by molar-refractivity contribution is 6.31. The third-order valence-electron chi connectivity index (χ3n) is 3.28. The zero-order chi connectivity index (χ0) is 14.2. The lowest BCUT2D eigenvalue weighted by Gasteiger charge is -2.07. The summed E-state index contributed by atoms with van der Waals surface area (Å²) in [5.41, 5.74) is 4.41. The highest BCUT2D eigenvalue weighted by Crippen LogP contribution is 2.20. The van der Waals surface area contributed by atoms with E-state index in [2.05, 4.69) is 5.10 Å². The van der Waals surface area contributed by atoms with Gasteiger partial charge in [-0.25, -0.2) is 0 Å². The van der Waals surface area contributed by atoms with Gasteiger partial charge >= 0.3 is 0 Å². The molecule has 0 bridgehead atoms. The third kappa shape index (κ3) is 2.71. The van der Waals surface area contributed by atoms with Crippen LogP contribution in [-0.2, 0) is 6.54 Å². The summed E-state index contributed by atoms with van der Waals surface area (Å²) < 4.78 is 1.67. The average Bonchev–Trinajstić information content (AvgIpc) is 2.60. The number of aryl methyl sites for hydroxylation is 3. The number of ketones is 1. The molecule has 0 N–H and O–H groups in total. The Kier molecular flexibility index (Phi) is 3.76. The van der Waals surface area contributed by atoms with Crippen molar-refractivity contribution < 1.29 is 4.79 Å². The van der Waals surface area contributed by atoms with Crippen molar-refractivity contribution in [1.29, 1.82) is 0 Å². The highest BCUT2D eigenvalue weighted by atomic mass is 35.5. The summed E-state index contributed by atoms with van der Waals surface area (Å²) in [6.45, 7) is 7.87. The zero-order valence-corrected chi connectivity index (χ0v) is 12.4. The molecule has 0 amide bonds. The van der Waals surface area contributed by atoms with Crippen molar-refractivity contribution in [2.45, 2.75) is 34.2 Å². The van der Waals surface area contributed by atoms with E-state index in [0.29, 0.717) is 5.02 Å². The SMILES string of the molecule is Cc1ccc(C)c(C(=O)Cn2nc(C)c(Cl)c2C)c1. The number of hydrogen-bond acceptors (Lipinski definition) is 2. The van der Waals surface area contributed by atoms with E-state index in [0.717, 1.165) is 28.1 Å². The maximum absolute atomic E-state index is 12.4. The predicted molar refractivity (Wildman–Crippen MR) is 77.0 cm³/mol. The number of aromatic nitrogens is 2. The molecule has 1 heterocycles. The maximum Gasteiger partial charge on any atom is 0.184 e. The molecule has 0 saturated carbocycles. The Balaban J connectivity index is 2.30. The van der Waals surface area contributed by atoms with Crippen LogP contribution in [0.5, 0.6) is 0 Å². The van der Waals surface area contributed by atoms with Crippen LogP contribution < -0.4 is 0 Å². The predicted octanol–water partition coefficient (Wildman–Crippen LogP) is 3.65.